The number of rotatable bonds is 7. The first-order valence-corrected chi connectivity index (χ1v) is 10.4. The van der Waals surface area contributed by atoms with Crippen molar-refractivity contribution >= 4 is 29.0 Å². The fraction of sp³-hybridized carbons (Fsp3) is 0.429. The molecule has 0 radical (unpaired) electrons. The van der Waals surface area contributed by atoms with Crippen molar-refractivity contribution in [1.29, 1.82) is 0 Å². The minimum atomic E-state index is -0.244. The molecule has 0 unspecified atom stereocenters. The summed E-state index contributed by atoms with van der Waals surface area (Å²) in [5, 5.41) is 7.99. The van der Waals surface area contributed by atoms with Crippen molar-refractivity contribution in [3.63, 3.8) is 0 Å². The summed E-state index contributed by atoms with van der Waals surface area (Å²) in [4.78, 5) is 25.1. The zero-order valence-electron chi connectivity index (χ0n) is 15.7. The van der Waals surface area contributed by atoms with Crippen LogP contribution in [-0.4, -0.2) is 25.2 Å². The Bertz CT molecular complexity index is 783. The molecule has 3 rings (SSSR count). The van der Waals surface area contributed by atoms with Crippen molar-refractivity contribution in [3.05, 3.63) is 51.2 Å². The standard InChI is InChI=1S/C21H26N2O3S/c1-2-26-20(24)13-15-7-9-17(10-8-15)23-21(25)22-12-11-16-14-27-19-6-4-3-5-18(16)19/h7-10,14H,2-6,11-13H2,1H3,(H2,22,23,25). The Balaban J connectivity index is 1.43. The number of anilines is 1. The second-order valence-electron chi connectivity index (χ2n) is 6.68. The number of ether oxygens (including phenoxy) is 1. The summed E-state index contributed by atoms with van der Waals surface area (Å²) >= 11 is 1.86. The average molecular weight is 387 g/mol. The molecule has 0 atom stereocenters. The normalized spacial score (nSPS) is 12.9. The molecule has 0 saturated carbocycles. The Kier molecular flexibility index (Phi) is 6.87. The first-order chi connectivity index (χ1) is 13.2. The third-order valence-corrected chi connectivity index (χ3v) is 5.83. The van der Waals surface area contributed by atoms with Gasteiger partial charge in [0.2, 0.25) is 0 Å². The van der Waals surface area contributed by atoms with Crippen LogP contribution in [0, 0.1) is 0 Å². The highest BCUT2D eigenvalue weighted by Gasteiger charge is 2.15. The lowest BCUT2D eigenvalue weighted by atomic mass is 9.95. The highest BCUT2D eigenvalue weighted by atomic mass is 32.1. The van der Waals surface area contributed by atoms with Gasteiger partial charge in [0.05, 0.1) is 13.0 Å². The summed E-state index contributed by atoms with van der Waals surface area (Å²) in [5.74, 6) is -0.244. The molecule has 144 valence electrons. The lowest BCUT2D eigenvalue weighted by molar-refractivity contribution is -0.142. The van der Waals surface area contributed by atoms with E-state index in [4.69, 9.17) is 4.74 Å². The molecule has 6 heteroatoms. The van der Waals surface area contributed by atoms with E-state index >= 15 is 0 Å². The van der Waals surface area contributed by atoms with Gasteiger partial charge in [-0.15, -0.1) is 11.3 Å². The Morgan fingerprint density at radius 3 is 2.70 bits per heavy atom. The van der Waals surface area contributed by atoms with Crippen LogP contribution in [0.4, 0.5) is 10.5 Å². The van der Waals surface area contributed by atoms with Gasteiger partial charge in [0.15, 0.2) is 0 Å². The fourth-order valence-corrected chi connectivity index (χ4v) is 4.52. The molecule has 27 heavy (non-hydrogen) atoms. The number of esters is 1. The van der Waals surface area contributed by atoms with E-state index in [1.165, 1.54) is 41.7 Å². The van der Waals surface area contributed by atoms with Crippen LogP contribution < -0.4 is 10.6 Å². The minimum absolute atomic E-state index is 0.211. The fourth-order valence-electron chi connectivity index (χ4n) is 3.34. The van der Waals surface area contributed by atoms with Crippen LogP contribution in [0.3, 0.4) is 0 Å². The van der Waals surface area contributed by atoms with Gasteiger partial charge in [-0.25, -0.2) is 4.79 Å². The van der Waals surface area contributed by atoms with E-state index in [1.54, 1.807) is 19.1 Å². The average Bonchev–Trinajstić information content (AvgIpc) is 3.07. The maximum absolute atomic E-state index is 12.1. The third kappa shape index (κ3) is 5.57. The van der Waals surface area contributed by atoms with E-state index in [0.717, 1.165) is 12.0 Å². The summed E-state index contributed by atoms with van der Waals surface area (Å²) in [6.07, 6.45) is 6.07. The number of fused-ring (bicyclic) bond motifs is 1. The second kappa shape index (κ2) is 9.55. The lowest BCUT2D eigenvalue weighted by Crippen LogP contribution is -2.30. The zero-order valence-corrected chi connectivity index (χ0v) is 16.5. The van der Waals surface area contributed by atoms with Crippen molar-refractivity contribution in [2.24, 2.45) is 0 Å². The molecule has 0 bridgehead atoms. The quantitative estimate of drug-likeness (QED) is 0.704. The molecule has 1 heterocycles. The van der Waals surface area contributed by atoms with Crippen LogP contribution in [0.2, 0.25) is 0 Å². The Hall–Kier alpha value is -2.34. The molecule has 5 nitrogen and oxygen atoms in total. The molecule has 1 aliphatic rings. The molecule has 0 fully saturated rings. The van der Waals surface area contributed by atoms with Gasteiger partial charge in [-0.05, 0) is 73.2 Å². The number of nitrogens with one attached hydrogen (secondary N) is 2. The number of hydrogen-bond acceptors (Lipinski definition) is 4. The monoisotopic (exact) mass is 386 g/mol. The molecule has 2 N–H and O–H groups in total. The van der Waals surface area contributed by atoms with Crippen molar-refractivity contribution in [1.82, 2.24) is 5.32 Å². The number of carbonyl (C=O) groups excluding carboxylic acids is 2. The molecule has 0 aliphatic heterocycles. The molecule has 2 aromatic rings. The summed E-state index contributed by atoms with van der Waals surface area (Å²) in [6, 6.07) is 7.03. The predicted octanol–water partition coefficient (Wildman–Crippen LogP) is 4.10. The topological polar surface area (TPSA) is 67.4 Å². The smallest absolute Gasteiger partial charge is 0.319 e. The van der Waals surface area contributed by atoms with Gasteiger partial charge >= 0.3 is 12.0 Å². The second-order valence-corrected chi connectivity index (χ2v) is 7.64. The largest absolute Gasteiger partial charge is 0.466 e. The first-order valence-electron chi connectivity index (χ1n) is 9.53. The number of thiophene rings is 1. The summed E-state index contributed by atoms with van der Waals surface area (Å²) < 4.78 is 4.93. The SMILES string of the molecule is CCOC(=O)Cc1ccc(NC(=O)NCCc2csc3c2CCCC3)cc1. The van der Waals surface area contributed by atoms with Crippen LogP contribution in [0.15, 0.2) is 29.6 Å². The Labute approximate surface area is 164 Å². The van der Waals surface area contributed by atoms with Crippen LogP contribution >= 0.6 is 11.3 Å². The van der Waals surface area contributed by atoms with Gasteiger partial charge in [0.25, 0.3) is 0 Å². The van der Waals surface area contributed by atoms with E-state index in [-0.39, 0.29) is 18.4 Å². The van der Waals surface area contributed by atoms with Crippen molar-refractivity contribution in [2.75, 3.05) is 18.5 Å². The van der Waals surface area contributed by atoms with Gasteiger partial charge < -0.3 is 15.4 Å². The minimum Gasteiger partial charge on any atom is -0.466 e. The zero-order chi connectivity index (χ0) is 19.1. The number of urea groups is 1. The summed E-state index contributed by atoms with van der Waals surface area (Å²) in [6.45, 7) is 2.79. The highest BCUT2D eigenvalue weighted by molar-refractivity contribution is 7.10. The van der Waals surface area contributed by atoms with E-state index in [0.29, 0.717) is 18.8 Å². The van der Waals surface area contributed by atoms with Gasteiger partial charge in [0.1, 0.15) is 0 Å². The molecule has 1 aromatic carbocycles. The predicted molar refractivity (Wildman–Crippen MR) is 108 cm³/mol. The van der Waals surface area contributed by atoms with Gasteiger partial charge in [-0.1, -0.05) is 12.1 Å². The van der Waals surface area contributed by atoms with Crippen LogP contribution in [0.5, 0.6) is 0 Å². The van der Waals surface area contributed by atoms with Gasteiger partial charge in [-0.2, -0.15) is 0 Å². The first kappa shape index (κ1) is 19.4. The summed E-state index contributed by atoms with van der Waals surface area (Å²) in [5.41, 5.74) is 4.47. The summed E-state index contributed by atoms with van der Waals surface area (Å²) in [7, 11) is 0. The molecule has 0 spiro atoms. The maximum atomic E-state index is 12.1. The number of carbonyl (C=O) groups is 2. The van der Waals surface area contributed by atoms with Gasteiger partial charge in [0, 0.05) is 17.1 Å². The number of hydrogen-bond donors (Lipinski definition) is 2. The van der Waals surface area contributed by atoms with E-state index in [1.807, 2.05) is 23.5 Å². The molecule has 0 saturated heterocycles. The number of amides is 2. The van der Waals surface area contributed by atoms with Gasteiger partial charge in [-0.3, -0.25) is 4.79 Å². The van der Waals surface area contributed by atoms with Crippen molar-refractivity contribution in [3.8, 4) is 0 Å². The van der Waals surface area contributed by atoms with E-state index < -0.39 is 0 Å². The highest BCUT2D eigenvalue weighted by Crippen LogP contribution is 2.30. The third-order valence-electron chi connectivity index (χ3n) is 4.69. The number of benzene rings is 1. The van der Waals surface area contributed by atoms with Crippen LogP contribution in [0.25, 0.3) is 0 Å². The number of aryl methyl sites for hydroxylation is 1. The van der Waals surface area contributed by atoms with Crippen molar-refractivity contribution < 1.29 is 14.3 Å². The molecule has 1 aliphatic carbocycles. The molecular weight excluding hydrogens is 360 g/mol. The van der Waals surface area contributed by atoms with E-state index in [2.05, 4.69) is 16.0 Å². The molecular formula is C21H26N2O3S. The lowest BCUT2D eigenvalue weighted by Gasteiger charge is -2.13. The Morgan fingerprint density at radius 2 is 1.93 bits per heavy atom. The Morgan fingerprint density at radius 1 is 1.15 bits per heavy atom. The maximum Gasteiger partial charge on any atom is 0.319 e. The van der Waals surface area contributed by atoms with Crippen molar-refractivity contribution in [2.45, 2.75) is 45.4 Å². The van der Waals surface area contributed by atoms with E-state index in [9.17, 15) is 9.59 Å². The van der Waals surface area contributed by atoms with Crippen LogP contribution in [0.1, 0.15) is 41.3 Å². The van der Waals surface area contributed by atoms with Crippen LogP contribution in [-0.2, 0) is 35.2 Å². The molecule has 1 aromatic heterocycles. The molecule has 2 amide bonds.